The first-order valence-electron chi connectivity index (χ1n) is 8.80. The molecule has 3 rings (SSSR count). The van der Waals surface area contributed by atoms with Crippen LogP contribution in [0, 0.1) is 12.8 Å². The number of rotatable bonds is 4. The Hall–Kier alpha value is -2.29. The van der Waals surface area contributed by atoms with Crippen LogP contribution in [-0.4, -0.2) is 19.0 Å². The monoisotopic (exact) mass is 322 g/mol. The van der Waals surface area contributed by atoms with Gasteiger partial charge in [-0.05, 0) is 55.5 Å². The van der Waals surface area contributed by atoms with Crippen molar-refractivity contribution in [2.24, 2.45) is 5.92 Å². The van der Waals surface area contributed by atoms with Crippen molar-refractivity contribution in [1.29, 1.82) is 0 Å². The molecule has 0 atom stereocenters. The summed E-state index contributed by atoms with van der Waals surface area (Å²) in [5.74, 6) is 0.861. The van der Waals surface area contributed by atoms with Crippen molar-refractivity contribution >= 4 is 17.3 Å². The lowest BCUT2D eigenvalue weighted by molar-refractivity contribution is -0.115. The van der Waals surface area contributed by atoms with Gasteiger partial charge in [-0.1, -0.05) is 36.8 Å². The molecular formula is C21H26N2O. The fourth-order valence-corrected chi connectivity index (χ4v) is 3.12. The van der Waals surface area contributed by atoms with Gasteiger partial charge in [0.2, 0.25) is 5.91 Å². The van der Waals surface area contributed by atoms with Crippen LogP contribution in [0.4, 0.5) is 11.4 Å². The number of benzene rings is 2. The van der Waals surface area contributed by atoms with Gasteiger partial charge in [0.1, 0.15) is 0 Å². The minimum Gasteiger partial charge on any atom is -0.372 e. The zero-order valence-corrected chi connectivity index (χ0v) is 14.6. The van der Waals surface area contributed by atoms with Crippen LogP contribution >= 0.6 is 0 Å². The van der Waals surface area contributed by atoms with Gasteiger partial charge in [-0.2, -0.15) is 0 Å². The van der Waals surface area contributed by atoms with E-state index in [1.165, 1.54) is 24.1 Å². The molecule has 1 fully saturated rings. The van der Waals surface area contributed by atoms with E-state index >= 15 is 0 Å². The summed E-state index contributed by atoms with van der Waals surface area (Å²) in [5, 5.41) is 2.98. The van der Waals surface area contributed by atoms with E-state index in [0.29, 0.717) is 6.42 Å². The van der Waals surface area contributed by atoms with E-state index in [4.69, 9.17) is 0 Å². The molecule has 0 spiro atoms. The molecular weight excluding hydrogens is 296 g/mol. The summed E-state index contributed by atoms with van der Waals surface area (Å²) in [6, 6.07) is 16.3. The van der Waals surface area contributed by atoms with E-state index in [1.54, 1.807) is 0 Å². The third-order valence-electron chi connectivity index (χ3n) is 4.79. The number of amides is 1. The highest BCUT2D eigenvalue weighted by molar-refractivity contribution is 5.92. The largest absolute Gasteiger partial charge is 0.372 e. The van der Waals surface area contributed by atoms with Crippen LogP contribution in [0.15, 0.2) is 48.5 Å². The molecule has 0 aromatic heterocycles. The molecule has 1 saturated heterocycles. The van der Waals surface area contributed by atoms with E-state index < -0.39 is 0 Å². The minimum atomic E-state index is 0.0263. The Kier molecular flexibility index (Phi) is 5.19. The highest BCUT2D eigenvalue weighted by Crippen LogP contribution is 2.24. The first-order chi connectivity index (χ1) is 11.6. The second kappa shape index (κ2) is 7.52. The lowest BCUT2D eigenvalue weighted by Crippen LogP contribution is -2.32. The molecule has 126 valence electrons. The van der Waals surface area contributed by atoms with E-state index in [9.17, 15) is 4.79 Å². The first-order valence-corrected chi connectivity index (χ1v) is 8.80. The van der Waals surface area contributed by atoms with Crippen LogP contribution in [0.5, 0.6) is 0 Å². The summed E-state index contributed by atoms with van der Waals surface area (Å²) in [6.45, 7) is 6.62. The van der Waals surface area contributed by atoms with Crippen LogP contribution in [0.3, 0.4) is 0 Å². The molecule has 24 heavy (non-hydrogen) atoms. The van der Waals surface area contributed by atoms with Gasteiger partial charge in [0.15, 0.2) is 0 Å². The highest BCUT2D eigenvalue weighted by atomic mass is 16.1. The van der Waals surface area contributed by atoms with Crippen molar-refractivity contribution in [3.05, 3.63) is 59.7 Å². The number of nitrogens with zero attached hydrogens (tertiary/aromatic N) is 1. The smallest absolute Gasteiger partial charge is 0.228 e. The summed E-state index contributed by atoms with van der Waals surface area (Å²) in [7, 11) is 0. The number of nitrogens with one attached hydrogen (secondary N) is 1. The number of hydrogen-bond acceptors (Lipinski definition) is 2. The van der Waals surface area contributed by atoms with Gasteiger partial charge >= 0.3 is 0 Å². The summed E-state index contributed by atoms with van der Waals surface area (Å²) in [6.07, 6.45) is 2.93. The molecule has 2 aromatic rings. The normalized spacial score (nSPS) is 15.3. The molecule has 1 aliphatic rings. The van der Waals surface area contributed by atoms with E-state index in [-0.39, 0.29) is 5.91 Å². The molecule has 0 radical (unpaired) electrons. The predicted molar refractivity (Wildman–Crippen MR) is 101 cm³/mol. The molecule has 0 saturated carbocycles. The molecule has 1 amide bonds. The Bertz CT molecular complexity index is 668. The summed E-state index contributed by atoms with van der Waals surface area (Å²) in [4.78, 5) is 14.6. The lowest BCUT2D eigenvalue weighted by Gasteiger charge is -2.32. The maximum absolute atomic E-state index is 12.2. The highest BCUT2D eigenvalue weighted by Gasteiger charge is 2.15. The van der Waals surface area contributed by atoms with Gasteiger partial charge in [0, 0.05) is 24.5 Å². The fraction of sp³-hybridized carbons (Fsp3) is 0.381. The topological polar surface area (TPSA) is 32.3 Å². The maximum Gasteiger partial charge on any atom is 0.228 e. The molecule has 3 nitrogen and oxygen atoms in total. The molecule has 0 bridgehead atoms. The number of piperidine rings is 1. The SMILES string of the molecule is Cc1ccc(CC(=O)Nc2ccc(N3CCC(C)CC3)cc2)cc1. The molecule has 0 unspecified atom stereocenters. The Labute approximate surface area is 144 Å². The Morgan fingerprint density at radius 3 is 2.29 bits per heavy atom. The van der Waals surface area contributed by atoms with Crippen LogP contribution in [0.25, 0.3) is 0 Å². The lowest BCUT2D eigenvalue weighted by atomic mass is 9.99. The van der Waals surface area contributed by atoms with Crippen molar-refractivity contribution < 1.29 is 4.79 Å². The quantitative estimate of drug-likeness (QED) is 0.904. The predicted octanol–water partition coefficient (Wildman–Crippen LogP) is 4.41. The van der Waals surface area contributed by atoms with Gasteiger partial charge in [-0.15, -0.1) is 0 Å². The Morgan fingerprint density at radius 2 is 1.67 bits per heavy atom. The van der Waals surface area contributed by atoms with Crippen LogP contribution in [0.2, 0.25) is 0 Å². The average Bonchev–Trinajstić information content (AvgIpc) is 2.58. The molecule has 3 heteroatoms. The zero-order valence-electron chi connectivity index (χ0n) is 14.6. The molecule has 0 aliphatic carbocycles. The van der Waals surface area contributed by atoms with Crippen LogP contribution in [0.1, 0.15) is 30.9 Å². The first kappa shape index (κ1) is 16.6. The van der Waals surface area contributed by atoms with Crippen molar-refractivity contribution in [3.63, 3.8) is 0 Å². The summed E-state index contributed by atoms with van der Waals surface area (Å²) < 4.78 is 0. The summed E-state index contributed by atoms with van der Waals surface area (Å²) in [5.41, 5.74) is 4.36. The Balaban J connectivity index is 1.55. The van der Waals surface area contributed by atoms with Gasteiger partial charge in [-0.3, -0.25) is 4.79 Å². The molecule has 1 aliphatic heterocycles. The van der Waals surface area contributed by atoms with E-state index in [1.807, 2.05) is 36.4 Å². The number of aryl methyl sites for hydroxylation is 1. The molecule has 1 heterocycles. The minimum absolute atomic E-state index is 0.0263. The van der Waals surface area contributed by atoms with E-state index in [2.05, 4.69) is 36.2 Å². The molecule has 1 N–H and O–H groups in total. The van der Waals surface area contributed by atoms with Crippen molar-refractivity contribution in [2.75, 3.05) is 23.3 Å². The van der Waals surface area contributed by atoms with Gasteiger partial charge < -0.3 is 10.2 Å². The molecule has 2 aromatic carbocycles. The second-order valence-corrected chi connectivity index (χ2v) is 6.93. The Morgan fingerprint density at radius 1 is 1.04 bits per heavy atom. The van der Waals surface area contributed by atoms with Gasteiger partial charge in [-0.25, -0.2) is 0 Å². The number of anilines is 2. The van der Waals surface area contributed by atoms with Gasteiger partial charge in [0.25, 0.3) is 0 Å². The third kappa shape index (κ3) is 4.38. The summed E-state index contributed by atoms with van der Waals surface area (Å²) >= 11 is 0. The van der Waals surface area contributed by atoms with Crippen molar-refractivity contribution in [3.8, 4) is 0 Å². The van der Waals surface area contributed by atoms with Crippen LogP contribution in [-0.2, 0) is 11.2 Å². The van der Waals surface area contributed by atoms with Crippen molar-refractivity contribution in [2.45, 2.75) is 33.1 Å². The van der Waals surface area contributed by atoms with Crippen molar-refractivity contribution in [1.82, 2.24) is 0 Å². The van der Waals surface area contributed by atoms with Gasteiger partial charge in [0.05, 0.1) is 6.42 Å². The standard InChI is InChI=1S/C21H26N2O/c1-16-3-5-18(6-4-16)15-21(24)22-19-7-9-20(10-8-19)23-13-11-17(2)12-14-23/h3-10,17H,11-15H2,1-2H3,(H,22,24). The average molecular weight is 322 g/mol. The third-order valence-corrected chi connectivity index (χ3v) is 4.79. The number of carbonyl (C=O) groups excluding carboxylic acids is 1. The fourth-order valence-electron chi connectivity index (χ4n) is 3.12. The second-order valence-electron chi connectivity index (χ2n) is 6.93. The number of hydrogen-bond donors (Lipinski definition) is 1. The maximum atomic E-state index is 12.2. The number of carbonyl (C=O) groups is 1. The zero-order chi connectivity index (χ0) is 16.9. The van der Waals surface area contributed by atoms with E-state index in [0.717, 1.165) is 30.3 Å². The van der Waals surface area contributed by atoms with Crippen LogP contribution < -0.4 is 10.2 Å².